The fraction of sp³-hybridized carbons (Fsp3) is 0.222. The van der Waals surface area contributed by atoms with Crippen molar-refractivity contribution in [2.75, 3.05) is 18.0 Å². The molecule has 0 radical (unpaired) electrons. The van der Waals surface area contributed by atoms with E-state index in [9.17, 15) is 9.59 Å². The highest BCUT2D eigenvalue weighted by atomic mass is 32.1. The Balaban J connectivity index is 2.07. The maximum Gasteiger partial charge on any atom is 0.347 e. The fourth-order valence-electron chi connectivity index (χ4n) is 2.58. The van der Waals surface area contributed by atoms with Crippen LogP contribution in [0.2, 0.25) is 0 Å². The molecule has 1 aromatic carbocycles. The number of fused-ring (bicyclic) bond motifs is 1. The van der Waals surface area contributed by atoms with Crippen molar-refractivity contribution in [1.82, 2.24) is 0 Å². The van der Waals surface area contributed by atoms with Crippen molar-refractivity contribution >= 4 is 33.8 Å². The third-order valence-corrected chi connectivity index (χ3v) is 4.71. The first kappa shape index (κ1) is 15.5. The summed E-state index contributed by atoms with van der Waals surface area (Å²) in [5, 5.41) is 2.56. The van der Waals surface area contributed by atoms with E-state index < -0.39 is 5.63 Å². The first-order chi connectivity index (χ1) is 11.1. The van der Waals surface area contributed by atoms with E-state index in [0.717, 1.165) is 24.2 Å². The molecule has 0 aliphatic heterocycles. The Morgan fingerprint density at radius 3 is 2.61 bits per heavy atom. The second-order valence-corrected chi connectivity index (χ2v) is 6.10. The molecule has 0 unspecified atom stereocenters. The lowest BCUT2D eigenvalue weighted by Gasteiger charge is -2.20. The van der Waals surface area contributed by atoms with Crippen LogP contribution in [-0.4, -0.2) is 18.9 Å². The van der Waals surface area contributed by atoms with Gasteiger partial charge in [0.2, 0.25) is 5.78 Å². The molecular formula is C18H17NO3S. The molecule has 0 bridgehead atoms. The van der Waals surface area contributed by atoms with Gasteiger partial charge in [0, 0.05) is 30.2 Å². The number of nitrogens with zero attached hydrogens (tertiary/aromatic N) is 1. The Kier molecular flexibility index (Phi) is 4.30. The number of hydrogen-bond acceptors (Lipinski definition) is 5. The summed E-state index contributed by atoms with van der Waals surface area (Å²) in [6, 6.07) is 10.8. The Bertz CT molecular complexity index is 892. The SMILES string of the molecule is CCN(CC)c1ccc2cc(C(=O)c3cccs3)c(=O)oc2c1. The molecular weight excluding hydrogens is 310 g/mol. The zero-order chi connectivity index (χ0) is 16.4. The average Bonchev–Trinajstić information content (AvgIpc) is 3.09. The second kappa shape index (κ2) is 6.38. The molecule has 5 heteroatoms. The van der Waals surface area contributed by atoms with Crippen molar-refractivity contribution in [3.63, 3.8) is 0 Å². The van der Waals surface area contributed by atoms with Gasteiger partial charge in [0.1, 0.15) is 11.1 Å². The summed E-state index contributed by atoms with van der Waals surface area (Å²) >= 11 is 1.32. The third-order valence-electron chi connectivity index (χ3n) is 3.84. The van der Waals surface area contributed by atoms with Gasteiger partial charge in [-0.2, -0.15) is 0 Å². The van der Waals surface area contributed by atoms with Crippen LogP contribution in [-0.2, 0) is 0 Å². The lowest BCUT2D eigenvalue weighted by molar-refractivity contribution is 0.103. The lowest BCUT2D eigenvalue weighted by Crippen LogP contribution is -2.21. The molecule has 3 rings (SSSR count). The van der Waals surface area contributed by atoms with Gasteiger partial charge >= 0.3 is 5.63 Å². The van der Waals surface area contributed by atoms with E-state index >= 15 is 0 Å². The van der Waals surface area contributed by atoms with Crippen LogP contribution in [0.1, 0.15) is 29.1 Å². The zero-order valence-electron chi connectivity index (χ0n) is 13.0. The zero-order valence-corrected chi connectivity index (χ0v) is 13.9. The Hall–Kier alpha value is -2.40. The van der Waals surface area contributed by atoms with Crippen molar-refractivity contribution in [2.24, 2.45) is 0 Å². The van der Waals surface area contributed by atoms with E-state index in [4.69, 9.17) is 4.42 Å². The lowest BCUT2D eigenvalue weighted by atomic mass is 10.1. The molecule has 0 spiro atoms. The highest BCUT2D eigenvalue weighted by molar-refractivity contribution is 7.12. The number of carbonyl (C=O) groups excluding carboxylic acids is 1. The predicted molar refractivity (Wildman–Crippen MR) is 93.8 cm³/mol. The van der Waals surface area contributed by atoms with Crippen molar-refractivity contribution in [3.8, 4) is 0 Å². The molecule has 0 aliphatic rings. The Morgan fingerprint density at radius 1 is 1.17 bits per heavy atom. The highest BCUT2D eigenvalue weighted by Gasteiger charge is 2.17. The van der Waals surface area contributed by atoms with E-state index in [1.165, 1.54) is 11.3 Å². The molecule has 3 aromatic rings. The van der Waals surface area contributed by atoms with Crippen LogP contribution in [0.3, 0.4) is 0 Å². The molecule has 2 aromatic heterocycles. The fourth-order valence-corrected chi connectivity index (χ4v) is 3.26. The third kappa shape index (κ3) is 2.92. The number of anilines is 1. The van der Waals surface area contributed by atoms with E-state index in [2.05, 4.69) is 18.7 Å². The van der Waals surface area contributed by atoms with Crippen LogP contribution < -0.4 is 10.5 Å². The number of carbonyl (C=O) groups is 1. The molecule has 0 N–H and O–H groups in total. The molecule has 0 atom stereocenters. The van der Waals surface area contributed by atoms with Crippen molar-refractivity contribution in [1.29, 1.82) is 0 Å². The van der Waals surface area contributed by atoms with Crippen LogP contribution in [0.5, 0.6) is 0 Å². The van der Waals surface area contributed by atoms with Gasteiger partial charge in [-0.05, 0) is 43.5 Å². The van der Waals surface area contributed by atoms with Crippen LogP contribution in [0.4, 0.5) is 5.69 Å². The first-order valence-corrected chi connectivity index (χ1v) is 8.43. The predicted octanol–water partition coefficient (Wildman–Crippen LogP) is 3.93. The summed E-state index contributed by atoms with van der Waals surface area (Å²) < 4.78 is 5.39. The second-order valence-electron chi connectivity index (χ2n) is 5.15. The largest absolute Gasteiger partial charge is 0.422 e. The van der Waals surface area contributed by atoms with Gasteiger partial charge in [-0.1, -0.05) is 6.07 Å². The summed E-state index contributed by atoms with van der Waals surface area (Å²) in [5.74, 6) is -0.288. The topological polar surface area (TPSA) is 50.5 Å². The number of rotatable bonds is 5. The quantitative estimate of drug-likeness (QED) is 0.526. The summed E-state index contributed by atoms with van der Waals surface area (Å²) in [7, 11) is 0. The molecule has 0 saturated carbocycles. The Morgan fingerprint density at radius 2 is 1.96 bits per heavy atom. The van der Waals surface area contributed by atoms with Crippen molar-refractivity contribution in [3.05, 3.63) is 62.6 Å². The van der Waals surface area contributed by atoms with E-state index in [1.54, 1.807) is 18.2 Å². The number of benzene rings is 1. The molecule has 4 nitrogen and oxygen atoms in total. The molecule has 2 heterocycles. The van der Waals surface area contributed by atoms with Crippen LogP contribution >= 0.6 is 11.3 Å². The average molecular weight is 327 g/mol. The molecule has 0 saturated heterocycles. The van der Waals surface area contributed by atoms with Gasteiger partial charge in [0.05, 0.1) is 4.88 Å². The van der Waals surface area contributed by atoms with Gasteiger partial charge in [-0.3, -0.25) is 4.79 Å². The maximum atomic E-state index is 12.4. The van der Waals surface area contributed by atoms with Gasteiger partial charge in [-0.25, -0.2) is 4.79 Å². The van der Waals surface area contributed by atoms with E-state index in [0.29, 0.717) is 10.5 Å². The van der Waals surface area contributed by atoms with Gasteiger partial charge in [0.25, 0.3) is 0 Å². The Labute approximate surface area is 138 Å². The number of ketones is 1. The van der Waals surface area contributed by atoms with Crippen molar-refractivity contribution < 1.29 is 9.21 Å². The van der Waals surface area contributed by atoms with Gasteiger partial charge < -0.3 is 9.32 Å². The van der Waals surface area contributed by atoms with Crippen LogP contribution in [0.25, 0.3) is 11.0 Å². The molecule has 0 amide bonds. The highest BCUT2D eigenvalue weighted by Crippen LogP contribution is 2.23. The van der Waals surface area contributed by atoms with E-state index in [1.807, 2.05) is 23.6 Å². The normalized spacial score (nSPS) is 10.9. The van der Waals surface area contributed by atoms with Gasteiger partial charge in [-0.15, -0.1) is 11.3 Å². The van der Waals surface area contributed by atoms with Crippen molar-refractivity contribution in [2.45, 2.75) is 13.8 Å². The summed E-state index contributed by atoms with van der Waals surface area (Å²) in [5.41, 5.74) is 0.994. The minimum atomic E-state index is -0.590. The van der Waals surface area contributed by atoms with E-state index in [-0.39, 0.29) is 11.3 Å². The molecule has 23 heavy (non-hydrogen) atoms. The minimum absolute atomic E-state index is 0.0792. The summed E-state index contributed by atoms with van der Waals surface area (Å²) in [6.07, 6.45) is 0. The summed E-state index contributed by atoms with van der Waals surface area (Å²) in [6.45, 7) is 5.90. The number of thiophene rings is 1. The first-order valence-electron chi connectivity index (χ1n) is 7.55. The monoisotopic (exact) mass is 327 g/mol. The molecule has 118 valence electrons. The summed E-state index contributed by atoms with van der Waals surface area (Å²) in [4.78, 5) is 27.3. The molecule has 0 fully saturated rings. The maximum absolute atomic E-state index is 12.4. The standard InChI is InChI=1S/C18H17NO3S/c1-3-19(4-2)13-8-7-12-10-14(18(21)22-15(12)11-13)17(20)16-6-5-9-23-16/h5-11H,3-4H2,1-2H3. The van der Waals surface area contributed by atoms with Crippen LogP contribution in [0.15, 0.2) is 51.0 Å². The smallest absolute Gasteiger partial charge is 0.347 e. The molecule has 0 aliphatic carbocycles. The van der Waals surface area contributed by atoms with Crippen LogP contribution in [0, 0.1) is 0 Å². The number of hydrogen-bond donors (Lipinski definition) is 0. The minimum Gasteiger partial charge on any atom is -0.422 e. The van der Waals surface area contributed by atoms with Gasteiger partial charge in [0.15, 0.2) is 0 Å².